The quantitative estimate of drug-likeness (QED) is 0.792. The summed E-state index contributed by atoms with van der Waals surface area (Å²) in [5.74, 6) is 0.860. The highest BCUT2D eigenvalue weighted by molar-refractivity contribution is 6.29. The van der Waals surface area contributed by atoms with Crippen molar-refractivity contribution in [2.24, 2.45) is 0 Å². The van der Waals surface area contributed by atoms with Gasteiger partial charge < -0.3 is 9.64 Å². The lowest BCUT2D eigenvalue weighted by atomic mass is 10.0. The summed E-state index contributed by atoms with van der Waals surface area (Å²) in [6.45, 7) is 3.37. The molecule has 5 heteroatoms. The van der Waals surface area contributed by atoms with E-state index >= 15 is 0 Å². The Bertz CT molecular complexity index is 688. The number of halogens is 1. The first kappa shape index (κ1) is 15.8. The van der Waals surface area contributed by atoms with Gasteiger partial charge in [0.05, 0.1) is 12.6 Å². The van der Waals surface area contributed by atoms with Crippen LogP contribution >= 0.6 is 11.6 Å². The number of aromatic nitrogens is 1. The van der Waals surface area contributed by atoms with Gasteiger partial charge in [0.15, 0.2) is 0 Å². The molecule has 120 valence electrons. The van der Waals surface area contributed by atoms with Crippen molar-refractivity contribution < 1.29 is 9.53 Å². The van der Waals surface area contributed by atoms with Crippen molar-refractivity contribution in [3.63, 3.8) is 0 Å². The largest absolute Gasteiger partial charge is 0.494 e. The number of ether oxygens (including phenoxy) is 1. The van der Waals surface area contributed by atoms with Gasteiger partial charge in [-0.1, -0.05) is 23.7 Å². The summed E-state index contributed by atoms with van der Waals surface area (Å²) in [7, 11) is 0. The average Bonchev–Trinajstić information content (AvgIpc) is 3.05. The molecule has 1 saturated heterocycles. The zero-order valence-electron chi connectivity index (χ0n) is 13.0. The Labute approximate surface area is 141 Å². The average molecular weight is 331 g/mol. The van der Waals surface area contributed by atoms with Gasteiger partial charge >= 0.3 is 0 Å². The van der Waals surface area contributed by atoms with Gasteiger partial charge in [-0.3, -0.25) is 4.79 Å². The summed E-state index contributed by atoms with van der Waals surface area (Å²) in [4.78, 5) is 18.6. The lowest BCUT2D eigenvalue weighted by Gasteiger charge is -2.25. The van der Waals surface area contributed by atoms with Crippen molar-refractivity contribution in [2.75, 3.05) is 13.2 Å². The molecule has 3 rings (SSSR count). The van der Waals surface area contributed by atoms with Gasteiger partial charge in [-0.05, 0) is 49.6 Å². The van der Waals surface area contributed by atoms with Crippen LogP contribution in [-0.4, -0.2) is 28.9 Å². The maximum Gasteiger partial charge on any atom is 0.254 e. The van der Waals surface area contributed by atoms with Crippen LogP contribution in [0.3, 0.4) is 0 Å². The van der Waals surface area contributed by atoms with Gasteiger partial charge in [0.1, 0.15) is 10.9 Å². The SMILES string of the molecule is CCOc1ccc(C2CCCN2C(=O)c2ccnc(Cl)c2)cc1. The molecule has 1 amide bonds. The van der Waals surface area contributed by atoms with Gasteiger partial charge in [0.2, 0.25) is 0 Å². The van der Waals surface area contributed by atoms with Crippen LogP contribution in [0.1, 0.15) is 41.7 Å². The van der Waals surface area contributed by atoms with Crippen molar-refractivity contribution in [1.82, 2.24) is 9.88 Å². The Kier molecular flexibility index (Phi) is 4.82. The molecule has 1 unspecified atom stereocenters. The van der Waals surface area contributed by atoms with Crippen LogP contribution < -0.4 is 4.74 Å². The summed E-state index contributed by atoms with van der Waals surface area (Å²) in [5, 5.41) is 0.340. The number of rotatable bonds is 4. The van der Waals surface area contributed by atoms with E-state index in [1.807, 2.05) is 36.1 Å². The van der Waals surface area contributed by atoms with E-state index in [1.165, 1.54) is 0 Å². The number of benzene rings is 1. The van der Waals surface area contributed by atoms with E-state index in [1.54, 1.807) is 18.3 Å². The molecule has 1 atom stereocenters. The van der Waals surface area contributed by atoms with Gasteiger partial charge in [0.25, 0.3) is 5.91 Å². The maximum absolute atomic E-state index is 12.8. The van der Waals surface area contributed by atoms with Crippen molar-refractivity contribution in [2.45, 2.75) is 25.8 Å². The van der Waals surface area contributed by atoms with Gasteiger partial charge in [-0.15, -0.1) is 0 Å². The minimum Gasteiger partial charge on any atom is -0.494 e. The standard InChI is InChI=1S/C18H19ClN2O2/c1-2-23-15-7-5-13(6-8-15)16-4-3-11-21(16)18(22)14-9-10-20-17(19)12-14/h5-10,12,16H,2-4,11H2,1H3. The molecule has 2 aromatic rings. The van der Waals surface area contributed by atoms with E-state index in [-0.39, 0.29) is 11.9 Å². The van der Waals surface area contributed by atoms with Crippen LogP contribution in [-0.2, 0) is 0 Å². The van der Waals surface area contributed by atoms with E-state index < -0.39 is 0 Å². The highest BCUT2D eigenvalue weighted by atomic mass is 35.5. The second-order valence-electron chi connectivity index (χ2n) is 5.53. The topological polar surface area (TPSA) is 42.4 Å². The molecule has 0 bridgehead atoms. The van der Waals surface area contributed by atoms with Crippen LogP contribution in [0.5, 0.6) is 5.75 Å². The molecule has 1 fully saturated rings. The zero-order valence-corrected chi connectivity index (χ0v) is 13.8. The minimum absolute atomic E-state index is 0.00526. The smallest absolute Gasteiger partial charge is 0.254 e. The van der Waals surface area contributed by atoms with E-state index in [9.17, 15) is 4.79 Å². The van der Waals surface area contributed by atoms with Gasteiger partial charge in [-0.25, -0.2) is 4.98 Å². The van der Waals surface area contributed by atoms with Gasteiger partial charge in [0, 0.05) is 18.3 Å². The fourth-order valence-electron chi connectivity index (χ4n) is 3.01. The zero-order chi connectivity index (χ0) is 16.2. The Morgan fingerprint density at radius 2 is 2.13 bits per heavy atom. The number of likely N-dealkylation sites (tertiary alicyclic amines) is 1. The van der Waals surface area contributed by atoms with Crippen LogP contribution in [0.2, 0.25) is 5.15 Å². The van der Waals surface area contributed by atoms with E-state index in [0.29, 0.717) is 17.3 Å². The van der Waals surface area contributed by atoms with Crippen LogP contribution in [0.4, 0.5) is 0 Å². The number of hydrogen-bond acceptors (Lipinski definition) is 3. The maximum atomic E-state index is 12.8. The molecule has 0 spiro atoms. The number of hydrogen-bond donors (Lipinski definition) is 0. The second-order valence-corrected chi connectivity index (χ2v) is 5.91. The molecule has 0 radical (unpaired) electrons. The fraction of sp³-hybridized carbons (Fsp3) is 0.333. The normalized spacial score (nSPS) is 17.3. The molecule has 4 nitrogen and oxygen atoms in total. The third-order valence-electron chi connectivity index (χ3n) is 4.06. The predicted molar refractivity (Wildman–Crippen MR) is 89.9 cm³/mol. The van der Waals surface area contributed by atoms with Crippen molar-refractivity contribution in [3.05, 3.63) is 58.9 Å². The van der Waals surface area contributed by atoms with E-state index in [2.05, 4.69) is 4.98 Å². The number of carbonyl (C=O) groups is 1. The number of pyridine rings is 1. The van der Waals surface area contributed by atoms with Crippen LogP contribution in [0, 0.1) is 0 Å². The summed E-state index contributed by atoms with van der Waals surface area (Å²) in [5.41, 5.74) is 1.72. The highest BCUT2D eigenvalue weighted by Gasteiger charge is 2.30. The minimum atomic E-state index is 0.00526. The van der Waals surface area contributed by atoms with Crippen LogP contribution in [0.15, 0.2) is 42.6 Å². The predicted octanol–water partition coefficient (Wildman–Crippen LogP) is 4.11. The van der Waals surface area contributed by atoms with Crippen molar-refractivity contribution in [1.29, 1.82) is 0 Å². The molecular weight excluding hydrogens is 312 g/mol. The third-order valence-corrected chi connectivity index (χ3v) is 4.27. The summed E-state index contributed by atoms with van der Waals surface area (Å²) in [6.07, 6.45) is 3.54. The fourth-order valence-corrected chi connectivity index (χ4v) is 3.18. The molecular formula is C18H19ClN2O2. The molecule has 1 aliphatic rings. The Morgan fingerprint density at radius 3 is 2.83 bits per heavy atom. The first-order valence-electron chi connectivity index (χ1n) is 7.84. The highest BCUT2D eigenvalue weighted by Crippen LogP contribution is 2.34. The Balaban J connectivity index is 1.81. The first-order chi connectivity index (χ1) is 11.2. The Morgan fingerprint density at radius 1 is 1.35 bits per heavy atom. The molecule has 2 heterocycles. The van der Waals surface area contributed by atoms with E-state index in [4.69, 9.17) is 16.3 Å². The molecule has 0 saturated carbocycles. The summed E-state index contributed by atoms with van der Waals surface area (Å²) >= 11 is 5.90. The Hall–Kier alpha value is -2.07. The lowest BCUT2D eigenvalue weighted by molar-refractivity contribution is 0.0735. The third kappa shape index (κ3) is 3.48. The van der Waals surface area contributed by atoms with Crippen molar-refractivity contribution >= 4 is 17.5 Å². The molecule has 1 aromatic carbocycles. The lowest BCUT2D eigenvalue weighted by Crippen LogP contribution is -2.30. The number of nitrogens with zero attached hydrogens (tertiary/aromatic N) is 2. The number of carbonyl (C=O) groups excluding carboxylic acids is 1. The monoisotopic (exact) mass is 330 g/mol. The number of amides is 1. The molecule has 1 aromatic heterocycles. The summed E-state index contributed by atoms with van der Waals surface area (Å²) in [6, 6.07) is 11.4. The molecule has 1 aliphatic heterocycles. The van der Waals surface area contributed by atoms with Crippen LogP contribution in [0.25, 0.3) is 0 Å². The first-order valence-corrected chi connectivity index (χ1v) is 8.22. The molecule has 0 N–H and O–H groups in total. The second kappa shape index (κ2) is 7.01. The van der Waals surface area contributed by atoms with E-state index in [0.717, 1.165) is 30.7 Å². The molecule has 23 heavy (non-hydrogen) atoms. The van der Waals surface area contributed by atoms with Crippen molar-refractivity contribution in [3.8, 4) is 5.75 Å². The van der Waals surface area contributed by atoms with Gasteiger partial charge in [-0.2, -0.15) is 0 Å². The molecule has 0 aliphatic carbocycles. The summed E-state index contributed by atoms with van der Waals surface area (Å²) < 4.78 is 5.48.